The van der Waals surface area contributed by atoms with Crippen LogP contribution in [0.25, 0.3) is 0 Å². The molecule has 0 aromatic heterocycles. The number of benzene rings is 2. The zero-order valence-corrected chi connectivity index (χ0v) is 22.7. The summed E-state index contributed by atoms with van der Waals surface area (Å²) in [5, 5.41) is 11.6. The number of amides is 2. The second kappa shape index (κ2) is 16.4. The van der Waals surface area contributed by atoms with Gasteiger partial charge in [0.1, 0.15) is 25.0 Å². The molecule has 2 N–H and O–H groups in total. The number of aliphatic carboxylic acids is 1. The highest BCUT2D eigenvalue weighted by molar-refractivity contribution is 5.86. The first kappa shape index (κ1) is 30.0. The molecule has 0 bridgehead atoms. The lowest BCUT2D eigenvalue weighted by Crippen LogP contribution is -2.52. The summed E-state index contributed by atoms with van der Waals surface area (Å²) in [5.74, 6) is -0.448. The molecule has 1 heterocycles. The Kier molecular flexibility index (Phi) is 12.6. The standard InChI is InChI=1S/C30H40N2O7/c1-2-3-4-8-19-37-25-13-11-23(12-14-25)20-27(31-30(36)39-21-24-9-6-5-7-10-24)29(35)32-17-15-26(16-18-32)38-22-28(33)34/h5-7,9-14,26-27H,2-4,8,15-22H2,1H3,(H,31,36)(H,33,34)/t27-/m0/s1. The minimum absolute atomic E-state index is 0.101. The van der Waals surface area contributed by atoms with Crippen LogP contribution < -0.4 is 10.1 Å². The van der Waals surface area contributed by atoms with Gasteiger partial charge in [-0.3, -0.25) is 4.79 Å². The van der Waals surface area contributed by atoms with Crippen LogP contribution in [0.4, 0.5) is 4.79 Å². The zero-order valence-electron chi connectivity index (χ0n) is 22.7. The number of nitrogens with zero attached hydrogens (tertiary/aromatic N) is 1. The van der Waals surface area contributed by atoms with Crippen molar-refractivity contribution in [3.05, 3.63) is 65.7 Å². The lowest BCUT2D eigenvalue weighted by molar-refractivity contribution is -0.147. The average Bonchev–Trinajstić information content (AvgIpc) is 2.96. The number of alkyl carbamates (subject to hydrolysis) is 1. The van der Waals surface area contributed by atoms with Gasteiger partial charge < -0.3 is 29.5 Å². The molecule has 1 aliphatic rings. The van der Waals surface area contributed by atoms with Gasteiger partial charge in [0.15, 0.2) is 0 Å². The van der Waals surface area contributed by atoms with Crippen LogP contribution in [0.1, 0.15) is 56.6 Å². The van der Waals surface area contributed by atoms with Gasteiger partial charge in [-0.25, -0.2) is 9.59 Å². The summed E-state index contributed by atoms with van der Waals surface area (Å²) in [4.78, 5) is 38.6. The van der Waals surface area contributed by atoms with E-state index in [1.54, 1.807) is 4.90 Å². The zero-order chi connectivity index (χ0) is 27.9. The van der Waals surface area contributed by atoms with E-state index in [2.05, 4.69) is 12.2 Å². The molecule has 9 nitrogen and oxygen atoms in total. The number of carbonyl (C=O) groups excluding carboxylic acids is 2. The Balaban J connectivity index is 1.59. The number of carboxylic acids is 1. The highest BCUT2D eigenvalue weighted by Gasteiger charge is 2.30. The topological polar surface area (TPSA) is 114 Å². The molecule has 2 aromatic carbocycles. The normalized spacial score (nSPS) is 14.4. The third-order valence-electron chi connectivity index (χ3n) is 6.63. The van der Waals surface area contributed by atoms with E-state index in [4.69, 9.17) is 19.3 Å². The monoisotopic (exact) mass is 540 g/mol. The number of hydrogen-bond donors (Lipinski definition) is 2. The van der Waals surface area contributed by atoms with Crippen LogP contribution in [0.15, 0.2) is 54.6 Å². The maximum absolute atomic E-state index is 13.5. The first-order chi connectivity index (χ1) is 18.9. The Labute approximate surface area is 230 Å². The second-order valence-corrected chi connectivity index (χ2v) is 9.75. The van der Waals surface area contributed by atoms with Crippen LogP contribution in [0.5, 0.6) is 5.75 Å². The molecule has 0 spiro atoms. The number of ether oxygens (including phenoxy) is 3. The quantitative estimate of drug-likeness (QED) is 0.318. The van der Waals surface area contributed by atoms with Crippen molar-refractivity contribution in [2.75, 3.05) is 26.3 Å². The number of piperidine rings is 1. The van der Waals surface area contributed by atoms with Gasteiger partial charge >= 0.3 is 12.1 Å². The van der Waals surface area contributed by atoms with Crippen LogP contribution in [-0.2, 0) is 32.1 Å². The van der Waals surface area contributed by atoms with Crippen LogP contribution in [0.2, 0.25) is 0 Å². The summed E-state index contributed by atoms with van der Waals surface area (Å²) in [6.07, 6.45) is 5.04. The molecular weight excluding hydrogens is 500 g/mol. The molecule has 1 atom stereocenters. The van der Waals surface area contributed by atoms with E-state index >= 15 is 0 Å². The van der Waals surface area contributed by atoms with E-state index in [1.165, 1.54) is 12.8 Å². The maximum atomic E-state index is 13.5. The van der Waals surface area contributed by atoms with Crippen LogP contribution in [-0.4, -0.2) is 66.4 Å². The van der Waals surface area contributed by atoms with E-state index in [1.807, 2.05) is 54.6 Å². The molecular formula is C30H40N2O7. The molecule has 1 aliphatic heterocycles. The van der Waals surface area contributed by atoms with Crippen molar-refractivity contribution in [1.82, 2.24) is 10.2 Å². The van der Waals surface area contributed by atoms with Crippen LogP contribution in [0.3, 0.4) is 0 Å². The Morgan fingerprint density at radius 2 is 1.69 bits per heavy atom. The van der Waals surface area contributed by atoms with Gasteiger partial charge in [-0.2, -0.15) is 0 Å². The molecule has 0 radical (unpaired) electrons. The Morgan fingerprint density at radius 3 is 2.36 bits per heavy atom. The lowest BCUT2D eigenvalue weighted by atomic mass is 10.0. The van der Waals surface area contributed by atoms with Gasteiger partial charge in [0.2, 0.25) is 5.91 Å². The highest BCUT2D eigenvalue weighted by Crippen LogP contribution is 2.18. The Hall–Kier alpha value is -3.59. The summed E-state index contributed by atoms with van der Waals surface area (Å²) in [7, 11) is 0. The third kappa shape index (κ3) is 11.0. The van der Waals surface area contributed by atoms with E-state index < -0.39 is 18.1 Å². The first-order valence-corrected chi connectivity index (χ1v) is 13.8. The summed E-state index contributed by atoms with van der Waals surface area (Å²) in [6.45, 7) is 3.44. The molecule has 0 aliphatic carbocycles. The van der Waals surface area contributed by atoms with Gasteiger partial charge in [-0.1, -0.05) is 68.7 Å². The predicted octanol–water partition coefficient (Wildman–Crippen LogP) is 4.58. The van der Waals surface area contributed by atoms with Crippen molar-refractivity contribution in [3.8, 4) is 5.75 Å². The molecule has 9 heteroatoms. The minimum atomic E-state index is -1.01. The first-order valence-electron chi connectivity index (χ1n) is 13.8. The molecule has 39 heavy (non-hydrogen) atoms. The fraction of sp³-hybridized carbons (Fsp3) is 0.500. The number of hydrogen-bond acceptors (Lipinski definition) is 6. The van der Waals surface area contributed by atoms with Gasteiger partial charge in [0.25, 0.3) is 0 Å². The number of rotatable bonds is 15. The fourth-order valence-corrected chi connectivity index (χ4v) is 4.44. The molecule has 1 fully saturated rings. The molecule has 0 saturated carbocycles. The third-order valence-corrected chi connectivity index (χ3v) is 6.63. The SMILES string of the molecule is CCCCCCOc1ccc(C[C@H](NC(=O)OCc2ccccc2)C(=O)N2CCC(OCC(=O)O)CC2)cc1. The number of carbonyl (C=O) groups is 3. The van der Waals surface area contributed by atoms with E-state index in [9.17, 15) is 14.4 Å². The van der Waals surface area contributed by atoms with Crippen LogP contribution >= 0.6 is 0 Å². The summed E-state index contributed by atoms with van der Waals surface area (Å²) in [5.41, 5.74) is 1.74. The maximum Gasteiger partial charge on any atom is 0.408 e. The predicted molar refractivity (Wildman–Crippen MR) is 147 cm³/mol. The summed E-state index contributed by atoms with van der Waals surface area (Å²) in [6, 6.07) is 16.1. The molecule has 3 rings (SSSR count). The Bertz CT molecular complexity index is 1020. The number of nitrogens with one attached hydrogen (secondary N) is 1. The summed E-state index contributed by atoms with van der Waals surface area (Å²) < 4.78 is 16.6. The second-order valence-electron chi connectivity index (χ2n) is 9.75. The number of unbranched alkanes of at least 4 members (excludes halogenated alkanes) is 3. The molecule has 2 amide bonds. The van der Waals surface area contributed by atoms with Crippen molar-refractivity contribution < 1.29 is 33.7 Å². The van der Waals surface area contributed by atoms with Crippen molar-refractivity contribution in [1.29, 1.82) is 0 Å². The fourth-order valence-electron chi connectivity index (χ4n) is 4.44. The van der Waals surface area contributed by atoms with Crippen molar-refractivity contribution >= 4 is 18.0 Å². The lowest BCUT2D eigenvalue weighted by Gasteiger charge is -2.34. The number of likely N-dealkylation sites (tertiary alicyclic amines) is 1. The smallest absolute Gasteiger partial charge is 0.408 e. The molecule has 2 aromatic rings. The Morgan fingerprint density at radius 1 is 0.974 bits per heavy atom. The van der Waals surface area contributed by atoms with Crippen molar-refractivity contribution in [2.45, 2.75) is 70.6 Å². The number of carboxylic acid groups (broad SMARTS) is 1. The highest BCUT2D eigenvalue weighted by atomic mass is 16.5. The molecule has 1 saturated heterocycles. The average molecular weight is 541 g/mol. The van der Waals surface area contributed by atoms with E-state index in [0.717, 1.165) is 29.7 Å². The van der Waals surface area contributed by atoms with Gasteiger partial charge in [0, 0.05) is 19.5 Å². The molecule has 0 unspecified atom stereocenters. The molecule has 212 valence electrons. The van der Waals surface area contributed by atoms with Gasteiger partial charge in [-0.05, 0) is 42.5 Å². The van der Waals surface area contributed by atoms with Gasteiger partial charge in [0.05, 0.1) is 12.7 Å². The minimum Gasteiger partial charge on any atom is -0.494 e. The van der Waals surface area contributed by atoms with Gasteiger partial charge in [-0.15, -0.1) is 0 Å². The van der Waals surface area contributed by atoms with Crippen molar-refractivity contribution in [2.24, 2.45) is 0 Å². The largest absolute Gasteiger partial charge is 0.494 e. The van der Waals surface area contributed by atoms with E-state index in [0.29, 0.717) is 39.0 Å². The van der Waals surface area contributed by atoms with E-state index in [-0.39, 0.29) is 25.2 Å². The van der Waals surface area contributed by atoms with Crippen LogP contribution in [0, 0.1) is 0 Å². The summed E-state index contributed by atoms with van der Waals surface area (Å²) >= 11 is 0. The van der Waals surface area contributed by atoms with Crippen molar-refractivity contribution in [3.63, 3.8) is 0 Å².